The Balaban J connectivity index is 3.36. The summed E-state index contributed by atoms with van der Waals surface area (Å²) in [6.45, 7) is 11.8. The Bertz CT molecular complexity index is 154. The first-order chi connectivity index (χ1) is 4.63. The van der Waals surface area contributed by atoms with Gasteiger partial charge in [0.05, 0.1) is 6.26 Å². The third-order valence-corrected chi connectivity index (χ3v) is 0.779. The third-order valence-electron chi connectivity index (χ3n) is 0.779. The largest absolute Gasteiger partial charge is 0.497 e. The molecule has 0 aromatic carbocycles. The minimum atomic E-state index is 0.587. The predicted octanol–water partition coefficient (Wildman–Crippen LogP) is 2.67. The maximum absolute atomic E-state index is 5.06. The number of hydrogen-bond acceptors (Lipinski definition) is 1. The van der Waals surface area contributed by atoms with Gasteiger partial charge in [0.25, 0.3) is 0 Å². The average molecular weight is 138 g/mol. The summed E-state index contributed by atoms with van der Waals surface area (Å²) in [4.78, 5) is 0. The second kappa shape index (κ2) is 4.86. The molecular formula is C9H14O. The lowest BCUT2D eigenvalue weighted by molar-refractivity contribution is 0.280. The molecule has 0 atom stereocenters. The fraction of sp³-hybridized carbons (Fsp3) is 0.333. The van der Waals surface area contributed by atoms with Crippen LogP contribution in [-0.2, 0) is 4.74 Å². The summed E-state index contributed by atoms with van der Waals surface area (Å²) in [5.41, 5.74) is 2.01. The first-order valence-corrected chi connectivity index (χ1v) is 3.21. The molecule has 10 heavy (non-hydrogen) atoms. The van der Waals surface area contributed by atoms with Gasteiger partial charge in [-0.05, 0) is 25.5 Å². The van der Waals surface area contributed by atoms with E-state index in [0.29, 0.717) is 6.61 Å². The Morgan fingerprint density at radius 2 is 2.00 bits per heavy atom. The molecule has 0 aromatic heterocycles. The van der Waals surface area contributed by atoms with Gasteiger partial charge in [0.2, 0.25) is 0 Å². The van der Waals surface area contributed by atoms with Gasteiger partial charge in [0.1, 0.15) is 6.61 Å². The van der Waals surface area contributed by atoms with Crippen molar-refractivity contribution in [3.05, 3.63) is 36.6 Å². The molecule has 56 valence electrons. The van der Waals surface area contributed by atoms with Crippen LogP contribution < -0.4 is 0 Å². The average Bonchev–Trinajstić information content (AvgIpc) is 1.79. The van der Waals surface area contributed by atoms with E-state index in [2.05, 4.69) is 13.2 Å². The summed E-state index contributed by atoms with van der Waals surface area (Å²) in [6, 6.07) is 0. The van der Waals surface area contributed by atoms with Crippen LogP contribution in [0.3, 0.4) is 0 Å². The third kappa shape index (κ3) is 7.02. The normalized spacial score (nSPS) is 9.80. The molecule has 0 aliphatic heterocycles. The van der Waals surface area contributed by atoms with E-state index < -0.39 is 0 Å². The lowest BCUT2D eigenvalue weighted by atomic mass is 10.3. The molecule has 0 aliphatic carbocycles. The number of hydrogen-bond donors (Lipinski definition) is 0. The summed E-state index contributed by atoms with van der Waals surface area (Å²) < 4.78 is 5.06. The van der Waals surface area contributed by atoms with Crippen LogP contribution >= 0.6 is 0 Å². The molecule has 0 radical (unpaired) electrons. The highest BCUT2D eigenvalue weighted by Gasteiger charge is 1.80. The zero-order valence-corrected chi connectivity index (χ0v) is 6.68. The van der Waals surface area contributed by atoms with E-state index in [-0.39, 0.29) is 0 Å². The molecule has 0 N–H and O–H groups in total. The summed E-state index contributed by atoms with van der Waals surface area (Å²) >= 11 is 0. The van der Waals surface area contributed by atoms with Gasteiger partial charge in [-0.3, -0.25) is 0 Å². The Hall–Kier alpha value is -0.980. The van der Waals surface area contributed by atoms with Crippen molar-refractivity contribution in [1.82, 2.24) is 0 Å². The fourth-order valence-corrected chi connectivity index (χ4v) is 0.355. The monoisotopic (exact) mass is 138 g/mol. The van der Waals surface area contributed by atoms with E-state index in [4.69, 9.17) is 4.74 Å². The van der Waals surface area contributed by atoms with E-state index in [1.807, 2.05) is 19.9 Å². The zero-order chi connectivity index (χ0) is 7.98. The number of ether oxygens (including phenoxy) is 1. The maximum atomic E-state index is 5.06. The minimum absolute atomic E-state index is 0.587. The molecule has 0 saturated carbocycles. The molecule has 0 heterocycles. The van der Waals surface area contributed by atoms with Crippen molar-refractivity contribution >= 4 is 0 Å². The van der Waals surface area contributed by atoms with Crippen LogP contribution in [0, 0.1) is 0 Å². The van der Waals surface area contributed by atoms with Crippen molar-refractivity contribution in [2.45, 2.75) is 13.8 Å². The SMILES string of the molecule is C=C(C)/C=C/OCC(=C)C. The molecule has 0 bridgehead atoms. The van der Waals surface area contributed by atoms with Crippen molar-refractivity contribution in [1.29, 1.82) is 0 Å². The highest BCUT2D eigenvalue weighted by Crippen LogP contribution is 1.92. The summed E-state index contributed by atoms with van der Waals surface area (Å²) in [7, 11) is 0. The van der Waals surface area contributed by atoms with E-state index in [0.717, 1.165) is 11.1 Å². The van der Waals surface area contributed by atoms with E-state index in [9.17, 15) is 0 Å². The van der Waals surface area contributed by atoms with Gasteiger partial charge in [0.15, 0.2) is 0 Å². The van der Waals surface area contributed by atoms with E-state index in [1.54, 1.807) is 6.26 Å². The van der Waals surface area contributed by atoms with Crippen molar-refractivity contribution in [3.63, 3.8) is 0 Å². The molecule has 0 unspecified atom stereocenters. The summed E-state index contributed by atoms with van der Waals surface area (Å²) in [5, 5.41) is 0. The molecule has 1 nitrogen and oxygen atoms in total. The molecule has 0 rings (SSSR count). The first-order valence-electron chi connectivity index (χ1n) is 3.21. The molecule has 0 saturated heterocycles. The predicted molar refractivity (Wildman–Crippen MR) is 44.7 cm³/mol. The first kappa shape index (κ1) is 9.02. The molecular weight excluding hydrogens is 124 g/mol. The van der Waals surface area contributed by atoms with Crippen molar-refractivity contribution < 1.29 is 4.74 Å². The van der Waals surface area contributed by atoms with E-state index >= 15 is 0 Å². The van der Waals surface area contributed by atoms with Crippen LogP contribution in [0.15, 0.2) is 36.6 Å². The molecule has 0 aromatic rings. The Kier molecular flexibility index (Phi) is 4.38. The Morgan fingerprint density at radius 1 is 1.40 bits per heavy atom. The van der Waals surface area contributed by atoms with Crippen molar-refractivity contribution in [3.8, 4) is 0 Å². The molecule has 0 aliphatic rings. The summed E-state index contributed by atoms with van der Waals surface area (Å²) in [5.74, 6) is 0. The minimum Gasteiger partial charge on any atom is -0.497 e. The lowest BCUT2D eigenvalue weighted by Crippen LogP contribution is -1.85. The number of rotatable bonds is 4. The quantitative estimate of drug-likeness (QED) is 0.329. The molecule has 1 heteroatoms. The van der Waals surface area contributed by atoms with Gasteiger partial charge in [-0.15, -0.1) is 0 Å². The van der Waals surface area contributed by atoms with Crippen LogP contribution in [0.1, 0.15) is 13.8 Å². The molecule has 0 fully saturated rings. The maximum Gasteiger partial charge on any atom is 0.108 e. The lowest BCUT2D eigenvalue weighted by Gasteiger charge is -1.97. The Labute approximate surface area is 62.7 Å². The topological polar surface area (TPSA) is 9.23 Å². The van der Waals surface area contributed by atoms with Gasteiger partial charge in [-0.25, -0.2) is 0 Å². The van der Waals surface area contributed by atoms with Crippen LogP contribution in [0.4, 0.5) is 0 Å². The molecule has 0 spiro atoms. The highest BCUT2D eigenvalue weighted by molar-refractivity contribution is 5.08. The zero-order valence-electron chi connectivity index (χ0n) is 6.68. The molecule has 0 amide bonds. The number of allylic oxidation sites excluding steroid dienone is 2. The van der Waals surface area contributed by atoms with Gasteiger partial charge < -0.3 is 4.74 Å². The van der Waals surface area contributed by atoms with Crippen LogP contribution in [0.2, 0.25) is 0 Å². The standard InChI is InChI=1S/C9H14O/c1-8(2)5-6-10-7-9(3)4/h5-6H,1,3,7H2,2,4H3/b6-5+. The van der Waals surface area contributed by atoms with Crippen molar-refractivity contribution in [2.24, 2.45) is 0 Å². The second-order valence-corrected chi connectivity index (χ2v) is 2.42. The van der Waals surface area contributed by atoms with E-state index in [1.165, 1.54) is 0 Å². The fourth-order valence-electron chi connectivity index (χ4n) is 0.355. The second-order valence-electron chi connectivity index (χ2n) is 2.42. The highest BCUT2D eigenvalue weighted by atomic mass is 16.5. The van der Waals surface area contributed by atoms with Gasteiger partial charge >= 0.3 is 0 Å². The van der Waals surface area contributed by atoms with Gasteiger partial charge in [-0.1, -0.05) is 18.7 Å². The summed E-state index contributed by atoms with van der Waals surface area (Å²) in [6.07, 6.45) is 3.46. The van der Waals surface area contributed by atoms with Crippen LogP contribution in [0.5, 0.6) is 0 Å². The van der Waals surface area contributed by atoms with Crippen LogP contribution in [0.25, 0.3) is 0 Å². The smallest absolute Gasteiger partial charge is 0.108 e. The Morgan fingerprint density at radius 3 is 2.40 bits per heavy atom. The van der Waals surface area contributed by atoms with Gasteiger partial charge in [0, 0.05) is 0 Å². The van der Waals surface area contributed by atoms with Crippen molar-refractivity contribution in [2.75, 3.05) is 6.61 Å². The van der Waals surface area contributed by atoms with Crippen LogP contribution in [-0.4, -0.2) is 6.61 Å². The van der Waals surface area contributed by atoms with Gasteiger partial charge in [-0.2, -0.15) is 0 Å².